The molecule has 3 nitrogen and oxygen atoms in total. The Balaban J connectivity index is 1.35. The van der Waals surface area contributed by atoms with E-state index in [-0.39, 0.29) is 5.91 Å². The highest BCUT2D eigenvalue weighted by molar-refractivity contribution is 5.95. The predicted molar refractivity (Wildman–Crippen MR) is 107 cm³/mol. The number of amides is 1. The molecule has 0 saturated carbocycles. The van der Waals surface area contributed by atoms with Gasteiger partial charge in [0.1, 0.15) is 0 Å². The van der Waals surface area contributed by atoms with Crippen molar-refractivity contribution in [3.63, 3.8) is 0 Å². The second-order valence-corrected chi connectivity index (χ2v) is 7.09. The van der Waals surface area contributed by atoms with Crippen molar-refractivity contribution < 1.29 is 4.79 Å². The highest BCUT2D eigenvalue weighted by Crippen LogP contribution is 2.27. The quantitative estimate of drug-likeness (QED) is 0.691. The summed E-state index contributed by atoms with van der Waals surface area (Å²) in [5.41, 5.74) is 3.66. The van der Waals surface area contributed by atoms with Crippen molar-refractivity contribution in [1.29, 1.82) is 0 Å². The van der Waals surface area contributed by atoms with Gasteiger partial charge in [-0.15, -0.1) is 0 Å². The van der Waals surface area contributed by atoms with Crippen LogP contribution in [-0.4, -0.2) is 30.9 Å². The van der Waals surface area contributed by atoms with Gasteiger partial charge in [-0.2, -0.15) is 0 Å². The minimum absolute atomic E-state index is 0.223. The van der Waals surface area contributed by atoms with E-state index in [2.05, 4.69) is 66.5 Å². The van der Waals surface area contributed by atoms with E-state index in [1.54, 1.807) is 0 Å². The summed E-state index contributed by atoms with van der Waals surface area (Å²) < 4.78 is 0. The fraction of sp³-hybridized carbons (Fsp3) is 0.261. The largest absolute Gasteiger partial charge is 0.312 e. The third kappa shape index (κ3) is 3.49. The van der Waals surface area contributed by atoms with Gasteiger partial charge in [0.05, 0.1) is 0 Å². The molecule has 0 fully saturated rings. The van der Waals surface area contributed by atoms with E-state index in [1.165, 1.54) is 21.9 Å². The number of carbonyl (C=O) groups is 1. The van der Waals surface area contributed by atoms with Crippen molar-refractivity contribution in [2.24, 2.45) is 0 Å². The molecule has 0 unspecified atom stereocenters. The molecule has 1 amide bonds. The van der Waals surface area contributed by atoms with E-state index in [9.17, 15) is 4.79 Å². The molecule has 0 spiro atoms. The predicted octanol–water partition coefficient (Wildman–Crippen LogP) is 4.25. The average molecular weight is 344 g/mol. The monoisotopic (exact) mass is 344 g/mol. The Morgan fingerprint density at radius 1 is 1.00 bits per heavy atom. The molecular weight excluding hydrogens is 320 g/mol. The fourth-order valence-electron chi connectivity index (χ4n) is 3.75. The highest BCUT2D eigenvalue weighted by atomic mass is 16.2. The van der Waals surface area contributed by atoms with Crippen LogP contribution in [0.4, 0.5) is 5.69 Å². The Hall–Kier alpha value is -2.65. The molecule has 3 heteroatoms. The standard InChI is InChI=1S/C23H24N2O/c1-24(17-18-10-11-19-6-2-3-8-21(19)16-18)14-13-23(26)25-15-12-20-7-4-5-9-22(20)25/h2-11,16H,12-15,17H2,1H3. The molecule has 132 valence electrons. The Kier molecular flexibility index (Phi) is 4.72. The van der Waals surface area contributed by atoms with E-state index < -0.39 is 0 Å². The maximum absolute atomic E-state index is 12.6. The summed E-state index contributed by atoms with van der Waals surface area (Å²) in [4.78, 5) is 16.8. The zero-order valence-electron chi connectivity index (χ0n) is 15.2. The number of hydrogen-bond acceptors (Lipinski definition) is 2. The van der Waals surface area contributed by atoms with Crippen LogP contribution < -0.4 is 4.90 Å². The van der Waals surface area contributed by atoms with Crippen LogP contribution in [0.1, 0.15) is 17.5 Å². The summed E-state index contributed by atoms with van der Waals surface area (Å²) in [5, 5.41) is 2.53. The molecule has 0 saturated heterocycles. The lowest BCUT2D eigenvalue weighted by Crippen LogP contribution is -2.32. The van der Waals surface area contributed by atoms with Crippen LogP contribution in [0.15, 0.2) is 66.7 Å². The zero-order chi connectivity index (χ0) is 17.9. The van der Waals surface area contributed by atoms with Gasteiger partial charge in [-0.1, -0.05) is 54.6 Å². The van der Waals surface area contributed by atoms with Gasteiger partial charge in [-0.3, -0.25) is 4.79 Å². The van der Waals surface area contributed by atoms with Crippen molar-refractivity contribution in [3.8, 4) is 0 Å². The molecule has 3 aromatic carbocycles. The average Bonchev–Trinajstić information content (AvgIpc) is 3.10. The van der Waals surface area contributed by atoms with Gasteiger partial charge in [-0.05, 0) is 47.5 Å². The van der Waals surface area contributed by atoms with Crippen molar-refractivity contribution in [1.82, 2.24) is 4.90 Å². The van der Waals surface area contributed by atoms with Crippen molar-refractivity contribution >= 4 is 22.4 Å². The SMILES string of the molecule is CN(CCC(=O)N1CCc2ccccc21)Cc1ccc2ccccc2c1. The molecular formula is C23H24N2O. The lowest BCUT2D eigenvalue weighted by molar-refractivity contribution is -0.118. The van der Waals surface area contributed by atoms with Gasteiger partial charge < -0.3 is 9.80 Å². The Morgan fingerprint density at radius 2 is 1.77 bits per heavy atom. The van der Waals surface area contributed by atoms with Gasteiger partial charge in [0.25, 0.3) is 0 Å². The molecule has 0 N–H and O–H groups in total. The van der Waals surface area contributed by atoms with E-state index in [1.807, 2.05) is 17.0 Å². The fourth-order valence-corrected chi connectivity index (χ4v) is 3.75. The van der Waals surface area contributed by atoms with Gasteiger partial charge in [0.2, 0.25) is 5.91 Å². The van der Waals surface area contributed by atoms with E-state index in [0.717, 1.165) is 31.7 Å². The zero-order valence-corrected chi connectivity index (χ0v) is 15.2. The normalized spacial score (nSPS) is 13.4. The molecule has 3 aromatic rings. The summed E-state index contributed by atoms with van der Waals surface area (Å²) >= 11 is 0. The number of anilines is 1. The molecule has 4 rings (SSSR count). The number of para-hydroxylation sites is 1. The Morgan fingerprint density at radius 3 is 2.65 bits per heavy atom. The number of nitrogens with zero attached hydrogens (tertiary/aromatic N) is 2. The second-order valence-electron chi connectivity index (χ2n) is 7.09. The first-order valence-electron chi connectivity index (χ1n) is 9.25. The summed E-state index contributed by atoms with van der Waals surface area (Å²) in [6, 6.07) is 23.2. The van der Waals surface area contributed by atoms with Crippen LogP contribution in [0.25, 0.3) is 10.8 Å². The van der Waals surface area contributed by atoms with Crippen LogP contribution in [0, 0.1) is 0 Å². The van der Waals surface area contributed by atoms with E-state index in [0.29, 0.717) is 6.42 Å². The minimum Gasteiger partial charge on any atom is -0.312 e. The molecule has 26 heavy (non-hydrogen) atoms. The molecule has 0 bridgehead atoms. The number of rotatable bonds is 5. The van der Waals surface area contributed by atoms with Crippen LogP contribution in [-0.2, 0) is 17.8 Å². The summed E-state index contributed by atoms with van der Waals surface area (Å²) in [6.45, 7) is 2.44. The molecule has 1 aliphatic rings. The number of carbonyl (C=O) groups excluding carboxylic acids is 1. The second kappa shape index (κ2) is 7.30. The topological polar surface area (TPSA) is 23.6 Å². The summed E-state index contributed by atoms with van der Waals surface area (Å²) in [7, 11) is 2.08. The molecule has 1 heterocycles. The summed E-state index contributed by atoms with van der Waals surface area (Å²) in [5.74, 6) is 0.223. The first-order chi connectivity index (χ1) is 12.7. The number of hydrogen-bond donors (Lipinski definition) is 0. The molecule has 0 aliphatic carbocycles. The highest BCUT2D eigenvalue weighted by Gasteiger charge is 2.23. The lowest BCUT2D eigenvalue weighted by atomic mass is 10.1. The number of benzene rings is 3. The third-order valence-corrected chi connectivity index (χ3v) is 5.16. The Labute approximate surface area is 154 Å². The number of fused-ring (bicyclic) bond motifs is 2. The third-order valence-electron chi connectivity index (χ3n) is 5.16. The van der Waals surface area contributed by atoms with Gasteiger partial charge >= 0.3 is 0 Å². The molecule has 0 aromatic heterocycles. The maximum atomic E-state index is 12.6. The van der Waals surface area contributed by atoms with Crippen molar-refractivity contribution in [3.05, 3.63) is 77.9 Å². The van der Waals surface area contributed by atoms with Gasteiger partial charge in [0, 0.05) is 31.7 Å². The maximum Gasteiger partial charge on any atom is 0.228 e. The Bertz CT molecular complexity index is 934. The van der Waals surface area contributed by atoms with Gasteiger partial charge in [-0.25, -0.2) is 0 Å². The van der Waals surface area contributed by atoms with Gasteiger partial charge in [0.15, 0.2) is 0 Å². The molecule has 0 radical (unpaired) electrons. The molecule has 0 atom stereocenters. The minimum atomic E-state index is 0.223. The van der Waals surface area contributed by atoms with Crippen LogP contribution in [0.2, 0.25) is 0 Å². The lowest BCUT2D eigenvalue weighted by Gasteiger charge is -2.21. The first kappa shape index (κ1) is 16.8. The van der Waals surface area contributed by atoms with Crippen LogP contribution in [0.5, 0.6) is 0 Å². The first-order valence-corrected chi connectivity index (χ1v) is 9.25. The summed E-state index contributed by atoms with van der Waals surface area (Å²) in [6.07, 6.45) is 1.52. The van der Waals surface area contributed by atoms with Crippen molar-refractivity contribution in [2.45, 2.75) is 19.4 Å². The smallest absolute Gasteiger partial charge is 0.228 e. The van der Waals surface area contributed by atoms with Crippen LogP contribution >= 0.6 is 0 Å². The van der Waals surface area contributed by atoms with E-state index >= 15 is 0 Å². The van der Waals surface area contributed by atoms with Crippen LogP contribution in [0.3, 0.4) is 0 Å². The van der Waals surface area contributed by atoms with E-state index in [4.69, 9.17) is 0 Å². The van der Waals surface area contributed by atoms with Crippen molar-refractivity contribution in [2.75, 3.05) is 25.0 Å². The molecule has 1 aliphatic heterocycles.